The number of thiophene rings is 1. The van der Waals surface area contributed by atoms with Crippen molar-refractivity contribution in [1.82, 2.24) is 5.32 Å². The molecule has 1 N–H and O–H groups in total. The van der Waals surface area contributed by atoms with Crippen LogP contribution in [0.5, 0.6) is 0 Å². The van der Waals surface area contributed by atoms with E-state index < -0.39 is 14.6 Å². The van der Waals surface area contributed by atoms with Crippen LogP contribution in [0, 0.1) is 13.8 Å². The van der Waals surface area contributed by atoms with Crippen molar-refractivity contribution in [1.29, 1.82) is 0 Å². The monoisotopic (exact) mass is 303 g/mol. The van der Waals surface area contributed by atoms with Crippen LogP contribution in [0.4, 0.5) is 0 Å². The number of hydrogen-bond donors (Lipinski definition) is 1. The normalized spacial score (nSPS) is 14.6. The van der Waals surface area contributed by atoms with Crippen molar-refractivity contribution in [3.63, 3.8) is 0 Å². The molecule has 0 amide bonds. The molecule has 0 radical (unpaired) electrons. The van der Waals surface area contributed by atoms with Crippen LogP contribution in [0.15, 0.2) is 6.07 Å². The Hall–Kier alpha value is -0.390. The zero-order valence-corrected chi connectivity index (χ0v) is 14.3. The van der Waals surface area contributed by atoms with E-state index in [4.69, 9.17) is 0 Å². The van der Waals surface area contributed by atoms with E-state index in [1.165, 1.54) is 16.0 Å². The first-order chi connectivity index (χ1) is 8.61. The maximum absolute atomic E-state index is 12.1. The van der Waals surface area contributed by atoms with Crippen molar-refractivity contribution in [2.24, 2.45) is 0 Å². The summed E-state index contributed by atoms with van der Waals surface area (Å²) in [5, 5.41) is 3.41. The Morgan fingerprint density at radius 1 is 1.37 bits per heavy atom. The van der Waals surface area contributed by atoms with Crippen LogP contribution in [0.1, 0.15) is 48.6 Å². The maximum atomic E-state index is 12.1. The molecule has 1 aromatic heterocycles. The fourth-order valence-corrected chi connectivity index (χ4v) is 3.77. The van der Waals surface area contributed by atoms with Gasteiger partial charge in [-0.25, -0.2) is 8.42 Å². The van der Waals surface area contributed by atoms with Crippen LogP contribution in [-0.2, 0) is 9.84 Å². The number of aryl methyl sites for hydroxylation is 2. The lowest BCUT2D eigenvalue weighted by atomic mass is 9.95. The van der Waals surface area contributed by atoms with Crippen LogP contribution in [0.25, 0.3) is 0 Å². The van der Waals surface area contributed by atoms with Gasteiger partial charge in [-0.05, 0) is 52.3 Å². The first-order valence-electron chi connectivity index (χ1n) is 6.61. The van der Waals surface area contributed by atoms with Gasteiger partial charge in [0.2, 0.25) is 0 Å². The minimum atomic E-state index is -3.15. The van der Waals surface area contributed by atoms with Gasteiger partial charge in [0.1, 0.15) is 0 Å². The quantitative estimate of drug-likeness (QED) is 0.877. The maximum Gasteiger partial charge on any atom is 0.154 e. The Kier molecular flexibility index (Phi) is 5.21. The van der Waals surface area contributed by atoms with E-state index in [1.54, 1.807) is 11.3 Å². The Bertz CT molecular complexity index is 530. The molecule has 0 saturated carbocycles. The third kappa shape index (κ3) is 3.58. The van der Waals surface area contributed by atoms with Gasteiger partial charge in [-0.15, -0.1) is 11.3 Å². The van der Waals surface area contributed by atoms with Crippen LogP contribution in [0.2, 0.25) is 0 Å². The van der Waals surface area contributed by atoms with Crippen molar-refractivity contribution in [3.8, 4) is 0 Å². The smallest absolute Gasteiger partial charge is 0.154 e. The molecule has 19 heavy (non-hydrogen) atoms. The predicted molar refractivity (Wildman–Crippen MR) is 83.8 cm³/mol. The van der Waals surface area contributed by atoms with E-state index in [-0.39, 0.29) is 6.04 Å². The molecule has 1 rings (SSSR count). The Balaban J connectivity index is 3.26. The molecule has 0 aliphatic heterocycles. The summed E-state index contributed by atoms with van der Waals surface area (Å²) in [4.78, 5) is 2.42. The first-order valence-corrected chi connectivity index (χ1v) is 9.32. The number of rotatable bonds is 6. The van der Waals surface area contributed by atoms with E-state index in [2.05, 4.69) is 32.2 Å². The third-order valence-electron chi connectivity index (χ3n) is 3.64. The highest BCUT2D eigenvalue weighted by molar-refractivity contribution is 7.92. The number of hydrogen-bond acceptors (Lipinski definition) is 4. The van der Waals surface area contributed by atoms with Crippen LogP contribution in [-0.4, -0.2) is 26.0 Å². The van der Waals surface area contributed by atoms with Crippen molar-refractivity contribution < 1.29 is 8.42 Å². The summed E-state index contributed by atoms with van der Waals surface area (Å²) in [5.41, 5.74) is 1.12. The van der Waals surface area contributed by atoms with E-state index in [1.807, 2.05) is 13.8 Å². The SMILES string of the molecule is CCCNC(c1cc(C)sc1C)C(C)(C)S(C)(=O)=O. The second kappa shape index (κ2) is 5.94. The molecule has 1 unspecified atom stereocenters. The molecule has 0 bridgehead atoms. The van der Waals surface area contributed by atoms with Crippen molar-refractivity contribution in [2.75, 3.05) is 12.8 Å². The summed E-state index contributed by atoms with van der Waals surface area (Å²) < 4.78 is 23.4. The summed E-state index contributed by atoms with van der Waals surface area (Å²) in [6, 6.07) is 1.95. The Morgan fingerprint density at radius 3 is 2.32 bits per heavy atom. The molecule has 0 saturated heterocycles. The molecule has 1 heterocycles. The van der Waals surface area contributed by atoms with Gasteiger partial charge in [0.15, 0.2) is 9.84 Å². The van der Waals surface area contributed by atoms with Crippen molar-refractivity contribution in [2.45, 2.75) is 51.8 Å². The molecule has 5 heteroatoms. The number of nitrogens with one attached hydrogen (secondary N) is 1. The van der Waals surface area contributed by atoms with Gasteiger partial charge in [-0.2, -0.15) is 0 Å². The molecular formula is C14H25NO2S2. The molecule has 0 aliphatic carbocycles. The minimum absolute atomic E-state index is 0.160. The van der Waals surface area contributed by atoms with Crippen LogP contribution < -0.4 is 5.32 Å². The van der Waals surface area contributed by atoms with Gasteiger partial charge < -0.3 is 5.32 Å². The second-order valence-corrected chi connectivity index (χ2v) is 9.69. The van der Waals surface area contributed by atoms with Gasteiger partial charge in [-0.3, -0.25) is 0 Å². The Morgan fingerprint density at radius 2 is 1.95 bits per heavy atom. The largest absolute Gasteiger partial charge is 0.309 e. The Labute approximate surface area is 121 Å². The van der Waals surface area contributed by atoms with E-state index in [9.17, 15) is 8.42 Å². The summed E-state index contributed by atoms with van der Waals surface area (Å²) in [7, 11) is -3.15. The van der Waals surface area contributed by atoms with Gasteiger partial charge in [0.05, 0.1) is 10.8 Å². The van der Waals surface area contributed by atoms with Crippen LogP contribution in [0.3, 0.4) is 0 Å². The molecule has 1 aromatic rings. The average Bonchev–Trinajstić information content (AvgIpc) is 2.56. The third-order valence-corrected chi connectivity index (χ3v) is 6.77. The van der Waals surface area contributed by atoms with Gasteiger partial charge >= 0.3 is 0 Å². The van der Waals surface area contributed by atoms with Gasteiger partial charge in [0, 0.05) is 16.0 Å². The van der Waals surface area contributed by atoms with Crippen molar-refractivity contribution in [3.05, 3.63) is 21.4 Å². The summed E-state index contributed by atoms with van der Waals surface area (Å²) >= 11 is 1.72. The second-order valence-electron chi connectivity index (χ2n) is 5.63. The minimum Gasteiger partial charge on any atom is -0.309 e. The van der Waals surface area contributed by atoms with Crippen molar-refractivity contribution >= 4 is 21.2 Å². The highest BCUT2D eigenvalue weighted by Crippen LogP contribution is 2.36. The summed E-state index contributed by atoms with van der Waals surface area (Å²) in [6.07, 6.45) is 2.31. The zero-order chi connectivity index (χ0) is 14.8. The van der Waals surface area contributed by atoms with Gasteiger partial charge in [-0.1, -0.05) is 6.92 Å². The van der Waals surface area contributed by atoms with Crippen LogP contribution >= 0.6 is 11.3 Å². The molecule has 0 fully saturated rings. The molecule has 3 nitrogen and oxygen atoms in total. The molecule has 1 atom stereocenters. The number of sulfone groups is 1. The van der Waals surface area contributed by atoms with E-state index in [0.29, 0.717) is 0 Å². The molecular weight excluding hydrogens is 278 g/mol. The standard InChI is InChI=1S/C14H25NO2S2/c1-7-8-15-13(14(4,5)19(6,16)17)12-9-10(2)18-11(12)3/h9,13,15H,7-8H2,1-6H3. The molecule has 0 spiro atoms. The highest BCUT2D eigenvalue weighted by atomic mass is 32.2. The topological polar surface area (TPSA) is 46.2 Å². The summed E-state index contributed by atoms with van der Waals surface area (Å²) in [6.45, 7) is 10.6. The summed E-state index contributed by atoms with van der Waals surface area (Å²) in [5.74, 6) is 0. The first kappa shape index (κ1) is 16.7. The highest BCUT2D eigenvalue weighted by Gasteiger charge is 2.40. The molecule has 0 aromatic carbocycles. The molecule has 110 valence electrons. The molecule has 0 aliphatic rings. The predicted octanol–water partition coefficient (Wildman–Crippen LogP) is 3.23. The van der Waals surface area contributed by atoms with E-state index in [0.717, 1.165) is 18.5 Å². The zero-order valence-electron chi connectivity index (χ0n) is 12.7. The fourth-order valence-electron chi connectivity index (χ4n) is 2.17. The fraction of sp³-hybridized carbons (Fsp3) is 0.714. The average molecular weight is 303 g/mol. The lowest BCUT2D eigenvalue weighted by molar-refractivity contribution is 0.420. The lowest BCUT2D eigenvalue weighted by Gasteiger charge is -2.34. The van der Waals surface area contributed by atoms with Gasteiger partial charge in [0.25, 0.3) is 0 Å². The van der Waals surface area contributed by atoms with E-state index >= 15 is 0 Å². The lowest BCUT2D eigenvalue weighted by Crippen LogP contribution is -2.45.